The third-order valence-electron chi connectivity index (χ3n) is 9.21. The fourth-order valence-corrected chi connectivity index (χ4v) is 6.70. The molecule has 1 saturated carbocycles. The van der Waals surface area contributed by atoms with E-state index in [4.69, 9.17) is 23.7 Å². The molecule has 2 aliphatic carbocycles. The van der Waals surface area contributed by atoms with Gasteiger partial charge in [-0.3, -0.25) is 19.1 Å². The predicted molar refractivity (Wildman–Crippen MR) is 141 cm³/mol. The first-order valence-corrected chi connectivity index (χ1v) is 13.6. The summed E-state index contributed by atoms with van der Waals surface area (Å²) in [6, 6.07) is 0. The molecule has 3 rings (SSSR count). The first-order valence-electron chi connectivity index (χ1n) is 13.6. The lowest BCUT2D eigenvalue weighted by Crippen LogP contribution is -2.63. The largest absolute Gasteiger partial charge is 0.458 e. The van der Waals surface area contributed by atoms with E-state index in [9.17, 15) is 14.4 Å². The van der Waals surface area contributed by atoms with Crippen LogP contribution >= 0.6 is 0 Å². The number of hydrogen-bond acceptors (Lipinski definition) is 8. The molecule has 0 unspecified atom stereocenters. The van der Waals surface area contributed by atoms with Crippen molar-refractivity contribution in [3.63, 3.8) is 0 Å². The van der Waals surface area contributed by atoms with Gasteiger partial charge in [-0.2, -0.15) is 0 Å². The summed E-state index contributed by atoms with van der Waals surface area (Å²) in [5.74, 6) is -1.57. The zero-order valence-electron chi connectivity index (χ0n) is 23.9. The molecule has 0 amide bonds. The van der Waals surface area contributed by atoms with Gasteiger partial charge in [-0.15, -0.1) is 0 Å². The van der Waals surface area contributed by atoms with Crippen molar-refractivity contribution in [3.8, 4) is 0 Å². The Morgan fingerprint density at radius 2 is 1.84 bits per heavy atom. The Kier molecular flexibility index (Phi) is 9.30. The second-order valence-electron chi connectivity index (χ2n) is 11.4. The van der Waals surface area contributed by atoms with Crippen LogP contribution in [0.25, 0.3) is 0 Å². The molecule has 1 spiro atoms. The quantitative estimate of drug-likeness (QED) is 0.162. The molecule has 9 atom stereocenters. The number of ether oxygens (including phenoxy) is 5. The van der Waals surface area contributed by atoms with Crippen molar-refractivity contribution in [1.29, 1.82) is 0 Å². The minimum Gasteiger partial charge on any atom is -0.458 e. The average Bonchev–Trinajstić information content (AvgIpc) is 3.15. The molecular formula is C30H44O8. The van der Waals surface area contributed by atoms with Crippen LogP contribution in [0.3, 0.4) is 0 Å². The first-order chi connectivity index (χ1) is 17.8. The zero-order valence-corrected chi connectivity index (χ0v) is 23.9. The van der Waals surface area contributed by atoms with E-state index in [-0.39, 0.29) is 35.2 Å². The van der Waals surface area contributed by atoms with Gasteiger partial charge in [0.05, 0.1) is 17.4 Å². The number of hydrogen-bond donors (Lipinski definition) is 0. The van der Waals surface area contributed by atoms with Crippen LogP contribution in [0.5, 0.6) is 0 Å². The summed E-state index contributed by atoms with van der Waals surface area (Å²) >= 11 is 0. The van der Waals surface area contributed by atoms with E-state index in [0.717, 1.165) is 18.4 Å². The number of carbonyl (C=O) groups excluding carboxylic acids is 3. The molecule has 212 valence electrons. The van der Waals surface area contributed by atoms with Crippen LogP contribution < -0.4 is 0 Å². The van der Waals surface area contributed by atoms with Gasteiger partial charge < -0.3 is 18.9 Å². The van der Waals surface area contributed by atoms with E-state index in [1.54, 1.807) is 13.2 Å². The van der Waals surface area contributed by atoms with E-state index in [1.807, 2.05) is 19.9 Å². The van der Waals surface area contributed by atoms with Crippen molar-refractivity contribution in [2.24, 2.45) is 28.6 Å². The molecule has 0 N–H and O–H groups in total. The number of allylic oxidation sites excluding steroid dienone is 2. The van der Waals surface area contributed by atoms with E-state index >= 15 is 0 Å². The third-order valence-corrected chi connectivity index (χ3v) is 9.21. The van der Waals surface area contributed by atoms with E-state index in [1.165, 1.54) is 13.8 Å². The van der Waals surface area contributed by atoms with Crippen molar-refractivity contribution < 1.29 is 38.1 Å². The maximum Gasteiger partial charge on any atom is 0.309 e. The topological polar surface area (TPSA) is 97.4 Å². The number of esters is 3. The minimum absolute atomic E-state index is 0.194. The van der Waals surface area contributed by atoms with Crippen LogP contribution in [0.4, 0.5) is 0 Å². The molecule has 8 nitrogen and oxygen atoms in total. The highest BCUT2D eigenvalue weighted by Crippen LogP contribution is 2.68. The molecule has 0 aromatic carbocycles. The molecule has 0 aromatic rings. The highest BCUT2D eigenvalue weighted by Gasteiger charge is 2.71. The minimum atomic E-state index is -1.09. The molecular weight excluding hydrogens is 488 g/mol. The van der Waals surface area contributed by atoms with Crippen molar-refractivity contribution in [1.82, 2.24) is 0 Å². The Morgan fingerprint density at radius 3 is 2.39 bits per heavy atom. The lowest BCUT2D eigenvalue weighted by atomic mass is 9.45. The molecule has 1 saturated heterocycles. The molecule has 1 heterocycles. The highest BCUT2D eigenvalue weighted by atomic mass is 16.8. The van der Waals surface area contributed by atoms with Gasteiger partial charge in [-0.05, 0) is 55.4 Å². The zero-order chi connectivity index (χ0) is 28.4. The molecule has 3 aliphatic rings. The smallest absolute Gasteiger partial charge is 0.309 e. The lowest BCUT2D eigenvalue weighted by molar-refractivity contribution is -0.258. The van der Waals surface area contributed by atoms with Crippen molar-refractivity contribution in [2.45, 2.75) is 98.4 Å². The van der Waals surface area contributed by atoms with Crippen molar-refractivity contribution in [3.05, 3.63) is 36.5 Å². The van der Waals surface area contributed by atoms with Gasteiger partial charge in [0, 0.05) is 26.5 Å². The van der Waals surface area contributed by atoms with Crippen LogP contribution in [0, 0.1) is 28.6 Å². The normalized spacial score (nSPS) is 36.7. The summed E-state index contributed by atoms with van der Waals surface area (Å²) < 4.78 is 29.8. The molecule has 0 radical (unpaired) electrons. The fourth-order valence-electron chi connectivity index (χ4n) is 6.70. The Balaban J connectivity index is 2.22. The molecule has 2 fully saturated rings. The van der Waals surface area contributed by atoms with Gasteiger partial charge in [-0.25, -0.2) is 0 Å². The predicted octanol–water partition coefficient (Wildman–Crippen LogP) is 5.27. The molecule has 1 aliphatic heterocycles. The monoisotopic (exact) mass is 532 g/mol. The summed E-state index contributed by atoms with van der Waals surface area (Å²) in [6.45, 7) is 18.8. The van der Waals surface area contributed by atoms with Crippen molar-refractivity contribution in [2.75, 3.05) is 7.11 Å². The molecule has 0 bridgehead atoms. The second kappa shape index (κ2) is 11.7. The van der Waals surface area contributed by atoms with Gasteiger partial charge in [-0.1, -0.05) is 52.5 Å². The van der Waals surface area contributed by atoms with Crippen LogP contribution in [0.1, 0.15) is 73.6 Å². The number of rotatable bonds is 10. The SMILES string of the molecule is C=CC(=C)CC[C@]1(C)[C@H](C)C[C@H](OC)[C@@]23C(=C[C@H](OC(=O)[C@H](C)CC)C[C@@H]12)[C@@H](OC(C)=O)O[C@H]3OC(C)=O. The van der Waals surface area contributed by atoms with Gasteiger partial charge >= 0.3 is 17.9 Å². The van der Waals surface area contributed by atoms with Gasteiger partial charge in [0.1, 0.15) is 6.10 Å². The standard InChI is InChI=1S/C30H44O8/c1-10-17(3)12-13-29(8)19(5)14-25(34-9)30-23(27(35-20(6)31)38-28(30)36-21(7)32)15-22(16-24(29)30)37-26(33)18(4)11-2/h10,15,18-19,22,24-25,27-28H,1,3,11-14,16H2,2,4-9H3/t18-,19-,22+,24+,25+,27+,28-,29-,30-/m1/s1. The molecule has 38 heavy (non-hydrogen) atoms. The van der Waals surface area contributed by atoms with E-state index in [0.29, 0.717) is 24.8 Å². The molecule has 0 aromatic heterocycles. The van der Waals surface area contributed by atoms with Gasteiger partial charge in [0.2, 0.25) is 12.6 Å². The average molecular weight is 533 g/mol. The van der Waals surface area contributed by atoms with E-state index < -0.39 is 36.0 Å². The lowest BCUT2D eigenvalue weighted by Gasteiger charge is -2.61. The highest BCUT2D eigenvalue weighted by molar-refractivity contribution is 5.72. The Hall–Kier alpha value is -2.45. The third kappa shape index (κ3) is 5.34. The summed E-state index contributed by atoms with van der Waals surface area (Å²) in [5.41, 5.74) is 0.319. The fraction of sp³-hybridized carbons (Fsp3) is 0.700. The molecule has 8 heteroatoms. The Morgan fingerprint density at radius 1 is 1.18 bits per heavy atom. The Bertz CT molecular complexity index is 985. The van der Waals surface area contributed by atoms with Gasteiger partial charge in [0.15, 0.2) is 0 Å². The van der Waals surface area contributed by atoms with Crippen LogP contribution in [0.15, 0.2) is 36.5 Å². The van der Waals surface area contributed by atoms with E-state index in [2.05, 4.69) is 27.0 Å². The summed E-state index contributed by atoms with van der Waals surface area (Å²) in [4.78, 5) is 37.3. The summed E-state index contributed by atoms with van der Waals surface area (Å²) in [6.07, 6.45) is 3.86. The summed E-state index contributed by atoms with van der Waals surface area (Å²) in [7, 11) is 1.64. The Labute approximate surface area is 226 Å². The maximum atomic E-state index is 12.9. The van der Waals surface area contributed by atoms with Crippen LogP contribution in [0.2, 0.25) is 0 Å². The van der Waals surface area contributed by atoms with Gasteiger partial charge in [0.25, 0.3) is 0 Å². The number of methoxy groups -OCH3 is 1. The van der Waals surface area contributed by atoms with Crippen LogP contribution in [-0.2, 0) is 38.1 Å². The van der Waals surface area contributed by atoms with Crippen LogP contribution in [-0.4, -0.2) is 49.8 Å². The summed E-state index contributed by atoms with van der Waals surface area (Å²) in [5, 5.41) is 0. The first kappa shape index (κ1) is 30.1. The number of carbonyl (C=O) groups is 3. The van der Waals surface area contributed by atoms with Crippen molar-refractivity contribution >= 4 is 17.9 Å². The maximum absolute atomic E-state index is 12.9. The second-order valence-corrected chi connectivity index (χ2v) is 11.4.